The molecule has 0 fully saturated rings. The Labute approximate surface area is 183 Å². The first kappa shape index (κ1) is 20.8. The number of nitrogens with zero attached hydrogens (tertiary/aromatic N) is 3. The number of carbonyl (C=O) groups excluding carboxylic acids is 1. The summed E-state index contributed by atoms with van der Waals surface area (Å²) in [6, 6.07) is 23.1. The maximum Gasteiger partial charge on any atom is 0.192 e. The van der Waals surface area contributed by atoms with Crippen LogP contribution in [0.4, 0.5) is 4.39 Å². The van der Waals surface area contributed by atoms with Gasteiger partial charge < -0.3 is 4.74 Å². The number of aromatic nitrogens is 3. The molecule has 0 radical (unpaired) electrons. The summed E-state index contributed by atoms with van der Waals surface area (Å²) in [5.41, 5.74) is 2.45. The predicted molar refractivity (Wildman–Crippen MR) is 119 cm³/mol. The molecule has 0 aliphatic rings. The van der Waals surface area contributed by atoms with Crippen LogP contribution in [0.25, 0.3) is 11.4 Å². The van der Waals surface area contributed by atoms with Gasteiger partial charge in [0.15, 0.2) is 16.8 Å². The zero-order valence-corrected chi connectivity index (χ0v) is 17.7. The molecule has 0 spiro atoms. The third kappa shape index (κ3) is 5.00. The van der Waals surface area contributed by atoms with E-state index in [-0.39, 0.29) is 17.4 Å². The quantitative estimate of drug-likeness (QED) is 0.285. The van der Waals surface area contributed by atoms with Crippen molar-refractivity contribution in [1.82, 2.24) is 14.8 Å². The van der Waals surface area contributed by atoms with Gasteiger partial charge in [0.1, 0.15) is 11.6 Å². The molecule has 0 unspecified atom stereocenters. The van der Waals surface area contributed by atoms with Gasteiger partial charge in [0.05, 0.1) is 19.4 Å². The van der Waals surface area contributed by atoms with Gasteiger partial charge in [0, 0.05) is 11.1 Å². The number of benzene rings is 3. The van der Waals surface area contributed by atoms with Crippen LogP contribution >= 0.6 is 11.8 Å². The molecular formula is C24H20FN3O2S. The minimum Gasteiger partial charge on any atom is -0.497 e. The smallest absolute Gasteiger partial charge is 0.192 e. The molecule has 156 valence electrons. The highest BCUT2D eigenvalue weighted by atomic mass is 32.2. The molecule has 7 heteroatoms. The minimum atomic E-state index is -0.308. The zero-order chi connectivity index (χ0) is 21.6. The number of methoxy groups -OCH3 is 1. The summed E-state index contributed by atoms with van der Waals surface area (Å²) in [4.78, 5) is 12.6. The molecule has 5 nitrogen and oxygen atoms in total. The van der Waals surface area contributed by atoms with Gasteiger partial charge in [-0.05, 0) is 54.1 Å². The molecule has 31 heavy (non-hydrogen) atoms. The second kappa shape index (κ2) is 9.57. The van der Waals surface area contributed by atoms with Crippen LogP contribution in [0.3, 0.4) is 0 Å². The summed E-state index contributed by atoms with van der Waals surface area (Å²) >= 11 is 1.33. The lowest BCUT2D eigenvalue weighted by Gasteiger charge is -2.10. The number of halogens is 1. The van der Waals surface area contributed by atoms with Crippen molar-refractivity contribution in [3.63, 3.8) is 0 Å². The minimum absolute atomic E-state index is 0.00903. The van der Waals surface area contributed by atoms with E-state index in [4.69, 9.17) is 4.74 Å². The Morgan fingerprint density at radius 2 is 1.68 bits per heavy atom. The summed E-state index contributed by atoms with van der Waals surface area (Å²) < 4.78 is 20.5. The second-order valence-corrected chi connectivity index (χ2v) is 7.77. The fourth-order valence-corrected chi connectivity index (χ4v) is 3.94. The Bertz CT molecular complexity index is 1160. The molecule has 4 aromatic rings. The largest absolute Gasteiger partial charge is 0.497 e. The van der Waals surface area contributed by atoms with Gasteiger partial charge in [-0.25, -0.2) is 4.39 Å². The van der Waals surface area contributed by atoms with Crippen molar-refractivity contribution in [3.8, 4) is 17.1 Å². The van der Waals surface area contributed by atoms with E-state index in [1.807, 2.05) is 34.9 Å². The molecule has 0 bridgehead atoms. The Balaban J connectivity index is 1.58. The highest BCUT2D eigenvalue weighted by Crippen LogP contribution is 2.26. The fourth-order valence-electron chi connectivity index (χ4n) is 3.11. The van der Waals surface area contributed by atoms with Gasteiger partial charge in [-0.15, -0.1) is 10.2 Å². The number of ketones is 1. The Morgan fingerprint density at radius 1 is 0.968 bits per heavy atom. The lowest BCUT2D eigenvalue weighted by molar-refractivity contribution is 0.102. The third-order valence-corrected chi connectivity index (χ3v) is 5.71. The summed E-state index contributed by atoms with van der Waals surface area (Å²) in [6.07, 6.45) is 0. The molecule has 1 aromatic heterocycles. The molecule has 4 rings (SSSR count). The number of hydrogen-bond acceptors (Lipinski definition) is 5. The van der Waals surface area contributed by atoms with Gasteiger partial charge in [-0.1, -0.05) is 42.1 Å². The van der Waals surface area contributed by atoms with Gasteiger partial charge in [0.2, 0.25) is 0 Å². The van der Waals surface area contributed by atoms with Gasteiger partial charge in [-0.2, -0.15) is 0 Å². The second-order valence-electron chi connectivity index (χ2n) is 6.83. The Morgan fingerprint density at radius 3 is 2.35 bits per heavy atom. The summed E-state index contributed by atoms with van der Waals surface area (Å²) in [5, 5.41) is 9.27. The van der Waals surface area contributed by atoms with Crippen molar-refractivity contribution in [2.75, 3.05) is 12.9 Å². The molecule has 0 saturated carbocycles. The molecular weight excluding hydrogens is 413 g/mol. The van der Waals surface area contributed by atoms with Crippen LogP contribution in [0.15, 0.2) is 84.0 Å². The van der Waals surface area contributed by atoms with E-state index in [1.165, 1.54) is 23.9 Å². The number of rotatable bonds is 8. The maximum absolute atomic E-state index is 13.4. The molecule has 0 aliphatic carbocycles. The summed E-state index contributed by atoms with van der Waals surface area (Å²) in [7, 11) is 1.59. The third-order valence-electron chi connectivity index (χ3n) is 4.75. The SMILES string of the molecule is COc1ccc(C(=O)CSc2nnc(-c3ccc(F)cc3)n2Cc2ccccc2)cc1. The van der Waals surface area contributed by atoms with Crippen LogP contribution in [-0.4, -0.2) is 33.4 Å². The van der Waals surface area contributed by atoms with Crippen LogP contribution in [0, 0.1) is 5.82 Å². The number of thioether (sulfide) groups is 1. The van der Waals surface area contributed by atoms with Crippen LogP contribution < -0.4 is 4.74 Å². The van der Waals surface area contributed by atoms with E-state index in [0.717, 1.165) is 11.1 Å². The van der Waals surface area contributed by atoms with Crippen LogP contribution in [0.2, 0.25) is 0 Å². The number of Topliss-reactive ketones (excluding diaryl/α,β-unsaturated/α-hetero) is 1. The van der Waals surface area contributed by atoms with Gasteiger partial charge >= 0.3 is 0 Å². The predicted octanol–water partition coefficient (Wildman–Crippen LogP) is 5.12. The molecule has 0 N–H and O–H groups in total. The van der Waals surface area contributed by atoms with E-state index in [0.29, 0.717) is 28.8 Å². The van der Waals surface area contributed by atoms with Crippen molar-refractivity contribution in [3.05, 3.63) is 95.8 Å². The van der Waals surface area contributed by atoms with Crippen molar-refractivity contribution >= 4 is 17.5 Å². The van der Waals surface area contributed by atoms with Gasteiger partial charge in [-0.3, -0.25) is 9.36 Å². The molecule has 0 amide bonds. The molecule has 0 atom stereocenters. The average molecular weight is 434 g/mol. The zero-order valence-electron chi connectivity index (χ0n) is 16.9. The Kier molecular flexibility index (Phi) is 6.43. The number of ether oxygens (including phenoxy) is 1. The van der Waals surface area contributed by atoms with E-state index < -0.39 is 0 Å². The van der Waals surface area contributed by atoms with Crippen molar-refractivity contribution < 1.29 is 13.9 Å². The normalized spacial score (nSPS) is 10.8. The van der Waals surface area contributed by atoms with Crippen LogP contribution in [0.1, 0.15) is 15.9 Å². The van der Waals surface area contributed by atoms with Crippen LogP contribution in [0.5, 0.6) is 5.75 Å². The average Bonchev–Trinajstić information content (AvgIpc) is 3.21. The first-order chi connectivity index (χ1) is 15.1. The first-order valence-electron chi connectivity index (χ1n) is 9.67. The summed E-state index contributed by atoms with van der Waals surface area (Å²) in [6.45, 7) is 0.541. The van der Waals surface area contributed by atoms with E-state index in [9.17, 15) is 9.18 Å². The fraction of sp³-hybridized carbons (Fsp3) is 0.125. The molecule has 1 heterocycles. The van der Waals surface area contributed by atoms with Crippen molar-refractivity contribution in [2.24, 2.45) is 0 Å². The lowest BCUT2D eigenvalue weighted by Crippen LogP contribution is -2.07. The number of hydrogen-bond donors (Lipinski definition) is 0. The molecule has 0 saturated heterocycles. The monoisotopic (exact) mass is 433 g/mol. The van der Waals surface area contributed by atoms with E-state index >= 15 is 0 Å². The van der Waals surface area contributed by atoms with Crippen molar-refractivity contribution in [2.45, 2.75) is 11.7 Å². The summed E-state index contributed by atoms with van der Waals surface area (Å²) in [5.74, 6) is 1.24. The van der Waals surface area contributed by atoms with Crippen LogP contribution in [-0.2, 0) is 6.54 Å². The Hall–Kier alpha value is -3.45. The highest BCUT2D eigenvalue weighted by molar-refractivity contribution is 7.99. The highest BCUT2D eigenvalue weighted by Gasteiger charge is 2.17. The van der Waals surface area contributed by atoms with E-state index in [1.54, 1.807) is 43.5 Å². The lowest BCUT2D eigenvalue weighted by atomic mass is 10.1. The molecule has 3 aromatic carbocycles. The maximum atomic E-state index is 13.4. The number of carbonyl (C=O) groups is 1. The molecule has 0 aliphatic heterocycles. The standard InChI is InChI=1S/C24H20FN3O2S/c1-30-21-13-9-18(10-14-21)22(29)16-31-24-27-26-23(19-7-11-20(25)12-8-19)28(24)15-17-5-3-2-4-6-17/h2-14H,15-16H2,1H3. The van der Waals surface area contributed by atoms with E-state index in [2.05, 4.69) is 10.2 Å². The van der Waals surface area contributed by atoms with Gasteiger partial charge in [0.25, 0.3) is 0 Å². The van der Waals surface area contributed by atoms with Crippen molar-refractivity contribution in [1.29, 1.82) is 0 Å². The topological polar surface area (TPSA) is 57.0 Å². The first-order valence-corrected chi connectivity index (χ1v) is 10.7.